The summed E-state index contributed by atoms with van der Waals surface area (Å²) in [6.07, 6.45) is 1.39. The van der Waals surface area contributed by atoms with E-state index in [9.17, 15) is 20.0 Å². The lowest BCUT2D eigenvalue weighted by molar-refractivity contribution is -0.385. The average molecular weight is 305 g/mol. The van der Waals surface area contributed by atoms with Gasteiger partial charge in [0.05, 0.1) is 23.4 Å². The van der Waals surface area contributed by atoms with Crippen LogP contribution in [-0.4, -0.2) is 22.5 Å². The summed E-state index contributed by atoms with van der Waals surface area (Å²) in [5, 5.41) is 23.6. The van der Waals surface area contributed by atoms with Crippen LogP contribution in [-0.2, 0) is 5.60 Å². The number of anilines is 1. The van der Waals surface area contributed by atoms with Crippen molar-refractivity contribution in [3.63, 3.8) is 0 Å². The highest BCUT2D eigenvalue weighted by Gasteiger charge is 2.29. The zero-order valence-electron chi connectivity index (χ0n) is 11.8. The largest absolute Gasteiger partial charge is 0.466 e. The zero-order valence-corrected chi connectivity index (χ0v) is 11.8. The highest BCUT2D eigenvalue weighted by atomic mass is 16.6. The van der Waals surface area contributed by atoms with Crippen LogP contribution in [0.3, 0.4) is 0 Å². The van der Waals surface area contributed by atoms with Gasteiger partial charge in [-0.25, -0.2) is 0 Å². The van der Waals surface area contributed by atoms with Gasteiger partial charge in [-0.3, -0.25) is 14.9 Å². The molecule has 116 valence electrons. The van der Waals surface area contributed by atoms with E-state index in [1.165, 1.54) is 31.4 Å². The Morgan fingerprint density at radius 1 is 1.45 bits per heavy atom. The van der Waals surface area contributed by atoms with Crippen LogP contribution in [0.2, 0.25) is 0 Å². The van der Waals surface area contributed by atoms with Gasteiger partial charge in [0.1, 0.15) is 16.9 Å². The number of amides is 1. The normalized spacial score (nSPS) is 13.4. The van der Waals surface area contributed by atoms with E-state index in [-0.39, 0.29) is 23.6 Å². The zero-order chi connectivity index (χ0) is 16.3. The third-order valence-corrected chi connectivity index (χ3v) is 3.14. The van der Waals surface area contributed by atoms with Crippen molar-refractivity contribution in [3.8, 4) is 0 Å². The molecule has 1 unspecified atom stereocenters. The van der Waals surface area contributed by atoms with E-state index in [2.05, 4.69) is 5.32 Å². The molecule has 4 N–H and O–H groups in total. The predicted octanol–water partition coefficient (Wildman–Crippen LogP) is 1.41. The second kappa shape index (κ2) is 5.86. The Morgan fingerprint density at radius 2 is 2.18 bits per heavy atom. The van der Waals surface area contributed by atoms with E-state index in [1.807, 2.05) is 0 Å². The topological polar surface area (TPSA) is 132 Å². The molecule has 1 atom stereocenters. The number of hydrogen-bond acceptors (Lipinski definition) is 6. The summed E-state index contributed by atoms with van der Waals surface area (Å²) >= 11 is 0. The molecule has 2 rings (SSSR count). The number of hydrogen-bond donors (Lipinski definition) is 3. The van der Waals surface area contributed by atoms with E-state index >= 15 is 0 Å². The number of benzene rings is 1. The summed E-state index contributed by atoms with van der Waals surface area (Å²) in [5.41, 5.74) is 3.56. The maximum Gasteiger partial charge on any atom is 0.284 e. The Hall–Kier alpha value is -2.87. The fraction of sp³-hybridized carbons (Fsp3) is 0.214. The van der Waals surface area contributed by atoms with E-state index in [0.29, 0.717) is 0 Å². The lowest BCUT2D eigenvalue weighted by Crippen LogP contribution is -2.38. The SMILES string of the molecule is CC(O)(CNC(=O)c1c(N)cccc1[N+](=O)[O-])c1ccco1. The summed E-state index contributed by atoms with van der Waals surface area (Å²) in [6.45, 7) is 1.26. The molecule has 1 heterocycles. The summed E-state index contributed by atoms with van der Waals surface area (Å²) in [6, 6.07) is 7.14. The molecule has 22 heavy (non-hydrogen) atoms. The lowest BCUT2D eigenvalue weighted by atomic mass is 10.0. The van der Waals surface area contributed by atoms with Crippen LogP contribution >= 0.6 is 0 Å². The van der Waals surface area contributed by atoms with Crippen molar-refractivity contribution < 1.29 is 19.2 Å². The fourth-order valence-electron chi connectivity index (χ4n) is 1.97. The van der Waals surface area contributed by atoms with Crippen molar-refractivity contribution in [1.82, 2.24) is 5.32 Å². The van der Waals surface area contributed by atoms with E-state index < -0.39 is 22.1 Å². The number of carbonyl (C=O) groups excluding carboxylic acids is 1. The maximum atomic E-state index is 12.2. The molecule has 1 amide bonds. The first-order valence-electron chi connectivity index (χ1n) is 6.40. The number of nitrogen functional groups attached to an aromatic ring is 1. The van der Waals surface area contributed by atoms with E-state index in [4.69, 9.17) is 10.2 Å². The molecule has 0 aliphatic rings. The third kappa shape index (κ3) is 3.07. The van der Waals surface area contributed by atoms with Crippen LogP contribution in [0.1, 0.15) is 23.0 Å². The number of nitrogens with two attached hydrogens (primary N) is 1. The number of carbonyl (C=O) groups is 1. The third-order valence-electron chi connectivity index (χ3n) is 3.14. The van der Waals surface area contributed by atoms with Crippen LogP contribution in [0.5, 0.6) is 0 Å². The van der Waals surface area contributed by atoms with Gasteiger partial charge in [-0.15, -0.1) is 0 Å². The molecular weight excluding hydrogens is 290 g/mol. The van der Waals surface area contributed by atoms with Gasteiger partial charge in [-0.1, -0.05) is 6.07 Å². The number of aliphatic hydroxyl groups is 1. The molecule has 0 aliphatic carbocycles. The first kappa shape index (κ1) is 15.5. The van der Waals surface area contributed by atoms with Crippen LogP contribution in [0.25, 0.3) is 0 Å². The molecule has 8 nitrogen and oxygen atoms in total. The molecule has 1 aromatic carbocycles. The molecule has 0 bridgehead atoms. The molecule has 8 heteroatoms. The minimum atomic E-state index is -1.45. The van der Waals surface area contributed by atoms with E-state index in [0.717, 1.165) is 0 Å². The smallest absolute Gasteiger partial charge is 0.284 e. The van der Waals surface area contributed by atoms with Gasteiger partial charge >= 0.3 is 0 Å². The van der Waals surface area contributed by atoms with E-state index in [1.54, 1.807) is 12.1 Å². The Morgan fingerprint density at radius 3 is 2.77 bits per heavy atom. The number of nitro groups is 1. The minimum Gasteiger partial charge on any atom is -0.466 e. The predicted molar refractivity (Wildman–Crippen MR) is 78.1 cm³/mol. The van der Waals surface area contributed by atoms with Gasteiger partial charge in [-0.05, 0) is 25.1 Å². The lowest BCUT2D eigenvalue weighted by Gasteiger charge is -2.21. The molecule has 1 aromatic heterocycles. The highest BCUT2D eigenvalue weighted by Crippen LogP contribution is 2.25. The van der Waals surface area contributed by atoms with Crippen molar-refractivity contribution in [2.24, 2.45) is 0 Å². The maximum absolute atomic E-state index is 12.2. The molecule has 2 aromatic rings. The summed E-state index contributed by atoms with van der Waals surface area (Å²) < 4.78 is 5.09. The number of nitro benzene ring substituents is 1. The quantitative estimate of drug-likeness (QED) is 0.434. The van der Waals surface area contributed by atoms with Crippen molar-refractivity contribution >= 4 is 17.3 Å². The van der Waals surface area contributed by atoms with Gasteiger partial charge in [-0.2, -0.15) is 0 Å². The monoisotopic (exact) mass is 305 g/mol. The second-order valence-electron chi connectivity index (χ2n) is 4.93. The highest BCUT2D eigenvalue weighted by molar-refractivity contribution is 6.03. The molecule has 0 saturated carbocycles. The van der Waals surface area contributed by atoms with Gasteiger partial charge in [0.25, 0.3) is 11.6 Å². The number of furan rings is 1. The van der Waals surface area contributed by atoms with Gasteiger partial charge in [0.2, 0.25) is 0 Å². The number of rotatable bonds is 5. The Labute approximate surface area is 125 Å². The summed E-state index contributed by atoms with van der Waals surface area (Å²) in [4.78, 5) is 22.5. The Kier molecular flexibility index (Phi) is 4.13. The van der Waals surface area contributed by atoms with Gasteiger partial charge < -0.3 is 20.6 Å². The molecular formula is C14H15N3O5. The molecule has 0 fully saturated rings. The fourth-order valence-corrected chi connectivity index (χ4v) is 1.97. The Bertz CT molecular complexity index is 695. The van der Waals surface area contributed by atoms with Crippen molar-refractivity contribution in [2.45, 2.75) is 12.5 Å². The van der Waals surface area contributed by atoms with Gasteiger partial charge in [0, 0.05) is 6.07 Å². The first-order chi connectivity index (χ1) is 10.3. The van der Waals surface area contributed by atoms with Crippen molar-refractivity contribution in [2.75, 3.05) is 12.3 Å². The van der Waals surface area contributed by atoms with Crippen LogP contribution in [0.15, 0.2) is 41.0 Å². The van der Waals surface area contributed by atoms with Crippen LogP contribution < -0.4 is 11.1 Å². The first-order valence-corrected chi connectivity index (χ1v) is 6.40. The molecule has 0 spiro atoms. The number of nitrogens with one attached hydrogen (secondary N) is 1. The average Bonchev–Trinajstić information content (AvgIpc) is 2.99. The standard InChI is InChI=1S/C14H15N3O5/c1-14(19,11-6-3-7-22-11)8-16-13(18)12-9(15)4-2-5-10(12)17(20)21/h2-7,19H,8,15H2,1H3,(H,16,18). The molecule has 0 radical (unpaired) electrons. The molecule has 0 saturated heterocycles. The summed E-state index contributed by atoms with van der Waals surface area (Å²) in [5.74, 6) is -0.472. The summed E-state index contributed by atoms with van der Waals surface area (Å²) in [7, 11) is 0. The Balaban J connectivity index is 2.19. The van der Waals surface area contributed by atoms with Crippen molar-refractivity contribution in [1.29, 1.82) is 0 Å². The van der Waals surface area contributed by atoms with Crippen LogP contribution in [0.4, 0.5) is 11.4 Å². The van der Waals surface area contributed by atoms with Crippen molar-refractivity contribution in [3.05, 3.63) is 58.0 Å². The van der Waals surface area contributed by atoms with Gasteiger partial charge in [0.15, 0.2) is 0 Å². The molecule has 0 aliphatic heterocycles. The minimum absolute atomic E-state index is 0.00987. The second-order valence-corrected chi connectivity index (χ2v) is 4.93. The van der Waals surface area contributed by atoms with Crippen LogP contribution in [0, 0.1) is 10.1 Å². The number of nitrogens with zero attached hydrogens (tertiary/aromatic N) is 1.